The summed E-state index contributed by atoms with van der Waals surface area (Å²) in [6, 6.07) is 2.13. The van der Waals surface area contributed by atoms with Crippen LogP contribution in [-0.2, 0) is 19.5 Å². The average molecular weight is 225 g/mol. The van der Waals surface area contributed by atoms with Crippen molar-refractivity contribution in [2.75, 3.05) is 6.54 Å². The molecular weight excluding hydrogens is 202 g/mol. The van der Waals surface area contributed by atoms with E-state index < -0.39 is 0 Å². The topological polar surface area (TPSA) is 50.1 Å². The molecule has 4 nitrogen and oxygen atoms in total. The molecule has 2 N–H and O–H groups in total. The first-order chi connectivity index (χ1) is 7.71. The lowest BCUT2D eigenvalue weighted by atomic mass is 10.2. The molecule has 1 atom stereocenters. The lowest BCUT2D eigenvalue weighted by Gasteiger charge is -2.09. The van der Waals surface area contributed by atoms with Crippen molar-refractivity contribution in [2.45, 2.75) is 52.8 Å². The zero-order valence-electron chi connectivity index (χ0n) is 10.5. The fraction of sp³-hybridized carbons (Fsp3) is 0.750. The molecule has 0 aliphatic carbocycles. The van der Waals surface area contributed by atoms with Crippen molar-refractivity contribution in [1.82, 2.24) is 15.1 Å². The normalized spacial score (nSPS) is 13.0. The molecule has 0 saturated carbocycles. The summed E-state index contributed by atoms with van der Waals surface area (Å²) in [5.41, 5.74) is 2.33. The Kier molecular flexibility index (Phi) is 5.49. The molecule has 16 heavy (non-hydrogen) atoms. The lowest BCUT2D eigenvalue weighted by Crippen LogP contribution is -2.26. The summed E-state index contributed by atoms with van der Waals surface area (Å²) in [6.45, 7) is 8.51. The second kappa shape index (κ2) is 6.66. The van der Waals surface area contributed by atoms with Crippen LogP contribution in [0.15, 0.2) is 6.07 Å². The first-order valence-electron chi connectivity index (χ1n) is 6.15. The van der Waals surface area contributed by atoms with Gasteiger partial charge in [0.25, 0.3) is 0 Å². The first kappa shape index (κ1) is 13.2. The Labute approximate surface area is 97.7 Å². The fourth-order valence-corrected chi connectivity index (χ4v) is 1.62. The SMILES string of the molecule is CCc1cc(CNCC(O)CC)n(CC)n1. The van der Waals surface area contributed by atoms with Crippen molar-refractivity contribution in [3.05, 3.63) is 17.5 Å². The Balaban J connectivity index is 2.49. The van der Waals surface area contributed by atoms with Crippen LogP contribution in [-0.4, -0.2) is 27.5 Å². The summed E-state index contributed by atoms with van der Waals surface area (Å²) in [5, 5.41) is 17.2. The molecule has 1 heterocycles. The Morgan fingerprint density at radius 1 is 1.44 bits per heavy atom. The maximum Gasteiger partial charge on any atom is 0.0662 e. The zero-order valence-corrected chi connectivity index (χ0v) is 10.5. The maximum absolute atomic E-state index is 9.43. The Morgan fingerprint density at radius 2 is 2.19 bits per heavy atom. The van der Waals surface area contributed by atoms with Crippen LogP contribution in [0.3, 0.4) is 0 Å². The van der Waals surface area contributed by atoms with Crippen molar-refractivity contribution >= 4 is 0 Å². The fourth-order valence-electron chi connectivity index (χ4n) is 1.62. The van der Waals surface area contributed by atoms with Crippen LogP contribution in [0.1, 0.15) is 38.6 Å². The number of aryl methyl sites for hydroxylation is 2. The van der Waals surface area contributed by atoms with Crippen LogP contribution < -0.4 is 5.32 Å². The number of aliphatic hydroxyl groups excluding tert-OH is 1. The number of hydrogen-bond donors (Lipinski definition) is 2. The van der Waals surface area contributed by atoms with Crippen molar-refractivity contribution in [3.63, 3.8) is 0 Å². The van der Waals surface area contributed by atoms with Gasteiger partial charge in [0.15, 0.2) is 0 Å². The second-order valence-corrected chi connectivity index (χ2v) is 3.99. The molecule has 0 fully saturated rings. The van der Waals surface area contributed by atoms with E-state index in [1.54, 1.807) is 0 Å². The largest absolute Gasteiger partial charge is 0.392 e. The van der Waals surface area contributed by atoms with Gasteiger partial charge >= 0.3 is 0 Å². The first-order valence-corrected chi connectivity index (χ1v) is 6.15. The molecule has 0 saturated heterocycles. The van der Waals surface area contributed by atoms with E-state index in [9.17, 15) is 5.11 Å². The van der Waals surface area contributed by atoms with Crippen molar-refractivity contribution in [2.24, 2.45) is 0 Å². The van der Waals surface area contributed by atoms with E-state index in [-0.39, 0.29) is 6.10 Å². The molecule has 1 rings (SSSR count). The third-order valence-electron chi connectivity index (χ3n) is 2.73. The summed E-state index contributed by atoms with van der Waals surface area (Å²) >= 11 is 0. The van der Waals surface area contributed by atoms with E-state index in [1.807, 2.05) is 11.6 Å². The average Bonchev–Trinajstić information content (AvgIpc) is 2.71. The van der Waals surface area contributed by atoms with Gasteiger partial charge in [0, 0.05) is 19.6 Å². The van der Waals surface area contributed by atoms with Crippen LogP contribution in [0.4, 0.5) is 0 Å². The molecule has 0 aromatic carbocycles. The van der Waals surface area contributed by atoms with Gasteiger partial charge in [0.1, 0.15) is 0 Å². The van der Waals surface area contributed by atoms with Crippen molar-refractivity contribution < 1.29 is 5.11 Å². The Hall–Kier alpha value is -0.870. The third-order valence-corrected chi connectivity index (χ3v) is 2.73. The van der Waals surface area contributed by atoms with Gasteiger partial charge in [0.2, 0.25) is 0 Å². The minimum absolute atomic E-state index is 0.247. The van der Waals surface area contributed by atoms with E-state index in [0.717, 1.165) is 31.6 Å². The standard InChI is InChI=1S/C12H23N3O/c1-4-10-7-11(15(6-3)14-10)8-13-9-12(16)5-2/h7,12-13,16H,4-6,8-9H2,1-3H3. The van der Waals surface area contributed by atoms with Crippen LogP contribution >= 0.6 is 0 Å². The van der Waals surface area contributed by atoms with Gasteiger partial charge in [-0.25, -0.2) is 0 Å². The van der Waals surface area contributed by atoms with Crippen LogP contribution in [0, 0.1) is 0 Å². The van der Waals surface area contributed by atoms with Crippen LogP contribution in [0.2, 0.25) is 0 Å². The Morgan fingerprint density at radius 3 is 2.75 bits per heavy atom. The summed E-state index contributed by atoms with van der Waals surface area (Å²) in [4.78, 5) is 0. The summed E-state index contributed by atoms with van der Waals surface area (Å²) in [7, 11) is 0. The molecule has 0 aliphatic rings. The van der Waals surface area contributed by atoms with E-state index >= 15 is 0 Å². The summed E-state index contributed by atoms with van der Waals surface area (Å²) < 4.78 is 2.02. The highest BCUT2D eigenvalue weighted by Gasteiger charge is 2.06. The highest BCUT2D eigenvalue weighted by atomic mass is 16.3. The molecule has 92 valence electrons. The van der Waals surface area contributed by atoms with Crippen molar-refractivity contribution in [3.8, 4) is 0 Å². The molecule has 1 unspecified atom stereocenters. The maximum atomic E-state index is 9.43. The zero-order chi connectivity index (χ0) is 12.0. The number of nitrogens with zero attached hydrogens (tertiary/aromatic N) is 2. The quantitative estimate of drug-likeness (QED) is 0.736. The van der Waals surface area contributed by atoms with E-state index in [1.165, 1.54) is 5.69 Å². The predicted octanol–water partition coefficient (Wildman–Crippen LogP) is 1.33. The number of hydrogen-bond acceptors (Lipinski definition) is 3. The third kappa shape index (κ3) is 3.61. The highest BCUT2D eigenvalue weighted by molar-refractivity contribution is 5.10. The molecule has 4 heteroatoms. The minimum atomic E-state index is -0.247. The van der Waals surface area contributed by atoms with E-state index in [0.29, 0.717) is 6.54 Å². The molecule has 1 aromatic heterocycles. The molecule has 1 aromatic rings. The lowest BCUT2D eigenvalue weighted by molar-refractivity contribution is 0.167. The van der Waals surface area contributed by atoms with E-state index in [4.69, 9.17) is 0 Å². The van der Waals surface area contributed by atoms with Gasteiger partial charge in [0.05, 0.1) is 17.5 Å². The second-order valence-electron chi connectivity index (χ2n) is 3.99. The molecule has 0 aliphatic heterocycles. The minimum Gasteiger partial charge on any atom is -0.392 e. The van der Waals surface area contributed by atoms with Gasteiger partial charge in [-0.3, -0.25) is 4.68 Å². The molecule has 0 radical (unpaired) electrons. The van der Waals surface area contributed by atoms with Crippen LogP contribution in [0.25, 0.3) is 0 Å². The van der Waals surface area contributed by atoms with Gasteiger partial charge < -0.3 is 10.4 Å². The number of rotatable bonds is 7. The van der Waals surface area contributed by atoms with Gasteiger partial charge in [-0.15, -0.1) is 0 Å². The van der Waals surface area contributed by atoms with Crippen molar-refractivity contribution in [1.29, 1.82) is 0 Å². The van der Waals surface area contributed by atoms with Gasteiger partial charge in [-0.2, -0.15) is 5.10 Å². The summed E-state index contributed by atoms with van der Waals surface area (Å²) in [6.07, 6.45) is 1.52. The highest BCUT2D eigenvalue weighted by Crippen LogP contribution is 2.05. The monoisotopic (exact) mass is 225 g/mol. The number of nitrogens with one attached hydrogen (secondary N) is 1. The number of aliphatic hydroxyl groups is 1. The molecular formula is C12H23N3O. The summed E-state index contributed by atoms with van der Waals surface area (Å²) in [5.74, 6) is 0. The number of aromatic nitrogens is 2. The smallest absolute Gasteiger partial charge is 0.0662 e. The molecule has 0 amide bonds. The molecule has 0 spiro atoms. The van der Waals surface area contributed by atoms with Crippen LogP contribution in [0.5, 0.6) is 0 Å². The van der Waals surface area contributed by atoms with Gasteiger partial charge in [-0.05, 0) is 25.8 Å². The van der Waals surface area contributed by atoms with Gasteiger partial charge in [-0.1, -0.05) is 13.8 Å². The van der Waals surface area contributed by atoms with E-state index in [2.05, 4.69) is 30.3 Å². The predicted molar refractivity (Wildman–Crippen MR) is 65.3 cm³/mol. The Bertz CT molecular complexity index is 309. The molecule has 0 bridgehead atoms.